The van der Waals surface area contributed by atoms with Gasteiger partial charge in [-0.3, -0.25) is 9.98 Å². The first-order valence-electron chi connectivity index (χ1n) is 7.75. The number of nitrogens with two attached hydrogens (primary N) is 1. The van der Waals surface area contributed by atoms with Gasteiger partial charge in [0.25, 0.3) is 0 Å². The number of nitrogens with zero attached hydrogens (tertiary/aromatic N) is 4. The zero-order chi connectivity index (χ0) is 17.8. The highest BCUT2D eigenvalue weighted by Crippen LogP contribution is 2.30. The molecule has 0 amide bonds. The number of hydrogen-bond acceptors (Lipinski definition) is 7. The fraction of sp³-hybridized carbons (Fsp3) is 0.235. The van der Waals surface area contributed by atoms with Crippen LogP contribution in [0.3, 0.4) is 0 Å². The number of anilines is 1. The third-order valence-corrected chi connectivity index (χ3v) is 3.76. The van der Waals surface area contributed by atoms with E-state index < -0.39 is 6.17 Å². The molecule has 0 saturated carbocycles. The summed E-state index contributed by atoms with van der Waals surface area (Å²) in [6.45, 7) is 1.92. The second-order valence-electron chi connectivity index (χ2n) is 5.47. The summed E-state index contributed by atoms with van der Waals surface area (Å²) in [5.41, 5.74) is 7.61. The molecule has 8 heteroatoms. The highest BCUT2D eigenvalue weighted by Gasteiger charge is 2.25. The molecule has 1 aliphatic rings. The van der Waals surface area contributed by atoms with E-state index in [1.165, 1.54) is 12.3 Å². The Morgan fingerprint density at radius 3 is 2.88 bits per heavy atom. The van der Waals surface area contributed by atoms with Crippen LogP contribution in [0.1, 0.15) is 18.7 Å². The van der Waals surface area contributed by atoms with Gasteiger partial charge in [-0.2, -0.15) is 0 Å². The first-order chi connectivity index (χ1) is 12.1. The second kappa shape index (κ2) is 7.27. The molecule has 2 aromatic heterocycles. The van der Waals surface area contributed by atoms with Crippen molar-refractivity contribution in [2.75, 3.05) is 12.0 Å². The maximum absolute atomic E-state index is 13.1. The molecular weight excluding hydrogens is 323 g/mol. The highest BCUT2D eigenvalue weighted by atomic mass is 19.1. The van der Waals surface area contributed by atoms with E-state index in [-0.39, 0.29) is 11.9 Å². The van der Waals surface area contributed by atoms with Gasteiger partial charge in [0.15, 0.2) is 0 Å². The number of ether oxygens (including phenoxy) is 1. The van der Waals surface area contributed by atoms with Gasteiger partial charge < -0.3 is 20.7 Å². The molecule has 0 aromatic carbocycles. The van der Waals surface area contributed by atoms with Crippen LogP contribution in [0, 0.1) is 5.82 Å². The van der Waals surface area contributed by atoms with E-state index in [4.69, 9.17) is 10.5 Å². The van der Waals surface area contributed by atoms with Gasteiger partial charge in [0.2, 0.25) is 5.88 Å². The molecular formula is C17H19FN6O. The Hall–Kier alpha value is -3.00. The van der Waals surface area contributed by atoms with Gasteiger partial charge in [0, 0.05) is 12.4 Å². The molecule has 0 aliphatic carbocycles. The molecule has 2 atom stereocenters. The molecule has 3 heterocycles. The number of nitrogens with one attached hydrogen (secondary N) is 1. The van der Waals surface area contributed by atoms with E-state index in [1.807, 2.05) is 17.9 Å². The number of aliphatic imine (C=N–C) groups is 1. The van der Waals surface area contributed by atoms with Gasteiger partial charge in [-0.1, -0.05) is 0 Å². The van der Waals surface area contributed by atoms with Gasteiger partial charge in [-0.25, -0.2) is 9.37 Å². The summed E-state index contributed by atoms with van der Waals surface area (Å²) in [5, 5.41) is 3.31. The average molecular weight is 342 g/mol. The lowest BCUT2D eigenvalue weighted by Crippen LogP contribution is -2.48. The summed E-state index contributed by atoms with van der Waals surface area (Å²) in [6.07, 6.45) is 5.63. The minimum absolute atomic E-state index is 0.183. The van der Waals surface area contributed by atoms with Gasteiger partial charge in [0.05, 0.1) is 31.2 Å². The van der Waals surface area contributed by atoms with Crippen LogP contribution in [0.5, 0.6) is 5.88 Å². The Balaban J connectivity index is 1.88. The van der Waals surface area contributed by atoms with Crippen LogP contribution in [0.25, 0.3) is 0 Å². The summed E-state index contributed by atoms with van der Waals surface area (Å²) in [6, 6.07) is 6.49. The third-order valence-electron chi connectivity index (χ3n) is 3.76. The minimum atomic E-state index is -0.487. The first-order valence-corrected chi connectivity index (χ1v) is 7.75. The minimum Gasteiger partial charge on any atom is -0.480 e. The first kappa shape index (κ1) is 16.8. The van der Waals surface area contributed by atoms with Crippen molar-refractivity contribution < 1.29 is 9.13 Å². The van der Waals surface area contributed by atoms with Gasteiger partial charge in [-0.05, 0) is 31.2 Å². The van der Waals surface area contributed by atoms with Crippen LogP contribution in [-0.2, 0) is 0 Å². The molecule has 3 rings (SSSR count). The number of halogens is 1. The van der Waals surface area contributed by atoms with E-state index in [9.17, 15) is 4.39 Å². The zero-order valence-corrected chi connectivity index (χ0v) is 13.9. The van der Waals surface area contributed by atoms with E-state index in [0.717, 1.165) is 0 Å². The van der Waals surface area contributed by atoms with Crippen LogP contribution < -0.4 is 20.7 Å². The quantitative estimate of drug-likeness (QED) is 0.863. The Kier molecular flexibility index (Phi) is 4.90. The smallest absolute Gasteiger partial charge is 0.237 e. The van der Waals surface area contributed by atoms with Crippen LogP contribution in [0.2, 0.25) is 0 Å². The predicted molar refractivity (Wildman–Crippen MR) is 93.6 cm³/mol. The number of aromatic nitrogens is 2. The molecule has 25 heavy (non-hydrogen) atoms. The van der Waals surface area contributed by atoms with Crippen LogP contribution in [-0.4, -0.2) is 29.5 Å². The molecule has 2 aromatic rings. The Morgan fingerprint density at radius 1 is 1.32 bits per heavy atom. The molecule has 0 bridgehead atoms. The zero-order valence-electron chi connectivity index (χ0n) is 13.9. The van der Waals surface area contributed by atoms with E-state index >= 15 is 0 Å². The van der Waals surface area contributed by atoms with Crippen LogP contribution >= 0.6 is 0 Å². The van der Waals surface area contributed by atoms with E-state index in [0.29, 0.717) is 23.1 Å². The molecule has 1 unspecified atom stereocenters. The number of pyridine rings is 2. The molecule has 0 fully saturated rings. The summed E-state index contributed by atoms with van der Waals surface area (Å²) in [4.78, 5) is 14.3. The van der Waals surface area contributed by atoms with Crippen molar-refractivity contribution in [3.63, 3.8) is 0 Å². The normalized spacial score (nSPS) is 17.8. The fourth-order valence-corrected chi connectivity index (χ4v) is 2.55. The fourth-order valence-electron chi connectivity index (χ4n) is 2.55. The third kappa shape index (κ3) is 3.58. The number of rotatable bonds is 5. The van der Waals surface area contributed by atoms with Crippen molar-refractivity contribution in [3.05, 3.63) is 60.2 Å². The second-order valence-corrected chi connectivity index (χ2v) is 5.47. The predicted octanol–water partition coefficient (Wildman–Crippen LogP) is 1.95. The van der Waals surface area contributed by atoms with Crippen molar-refractivity contribution in [3.8, 4) is 5.88 Å². The standard InChI is InChI=1S/C17H19FN6O/c1-11(13-6-5-12(18)8-22-13)23-16-10-20-9-15(19)24(16)14-4-3-7-21-17(14)25-2/h3-11,15,23H,19H2,1-2H3/t11-,15?/m0/s1. The van der Waals surface area contributed by atoms with E-state index in [2.05, 4.69) is 20.3 Å². The molecule has 3 N–H and O–H groups in total. The number of hydrogen-bond donors (Lipinski definition) is 2. The topological polar surface area (TPSA) is 88.7 Å². The monoisotopic (exact) mass is 342 g/mol. The largest absolute Gasteiger partial charge is 0.480 e. The van der Waals surface area contributed by atoms with Crippen molar-refractivity contribution in [2.45, 2.75) is 19.1 Å². The lowest BCUT2D eigenvalue weighted by atomic mass is 10.2. The lowest BCUT2D eigenvalue weighted by molar-refractivity contribution is 0.397. The SMILES string of the molecule is COc1ncccc1N1C(N[C@@H](C)c2ccc(F)cn2)=CN=CC1N. The van der Waals surface area contributed by atoms with Gasteiger partial charge >= 0.3 is 0 Å². The average Bonchev–Trinajstić information content (AvgIpc) is 2.62. The van der Waals surface area contributed by atoms with Gasteiger partial charge in [0.1, 0.15) is 23.5 Å². The summed E-state index contributed by atoms with van der Waals surface area (Å²) >= 11 is 0. The Bertz CT molecular complexity index is 792. The molecule has 7 nitrogen and oxygen atoms in total. The Morgan fingerprint density at radius 2 is 2.16 bits per heavy atom. The van der Waals surface area contributed by atoms with Crippen LogP contribution in [0.4, 0.5) is 10.1 Å². The van der Waals surface area contributed by atoms with Crippen molar-refractivity contribution >= 4 is 11.9 Å². The van der Waals surface area contributed by atoms with E-state index in [1.54, 1.807) is 37.9 Å². The maximum Gasteiger partial charge on any atom is 0.237 e. The lowest BCUT2D eigenvalue weighted by Gasteiger charge is -2.34. The Labute approximate surface area is 145 Å². The molecule has 0 radical (unpaired) electrons. The maximum atomic E-state index is 13.1. The molecule has 0 saturated heterocycles. The van der Waals surface area contributed by atoms with Crippen molar-refractivity contribution in [1.82, 2.24) is 15.3 Å². The van der Waals surface area contributed by atoms with Crippen LogP contribution in [0.15, 0.2) is 53.7 Å². The molecule has 1 aliphatic heterocycles. The highest BCUT2D eigenvalue weighted by molar-refractivity contribution is 5.76. The number of methoxy groups -OCH3 is 1. The van der Waals surface area contributed by atoms with Crippen molar-refractivity contribution in [1.29, 1.82) is 0 Å². The van der Waals surface area contributed by atoms with Crippen molar-refractivity contribution in [2.24, 2.45) is 10.7 Å². The molecule has 0 spiro atoms. The molecule has 130 valence electrons. The van der Waals surface area contributed by atoms with Gasteiger partial charge in [-0.15, -0.1) is 0 Å². The summed E-state index contributed by atoms with van der Waals surface area (Å²) < 4.78 is 18.4. The summed E-state index contributed by atoms with van der Waals surface area (Å²) in [5.74, 6) is 0.745. The summed E-state index contributed by atoms with van der Waals surface area (Å²) in [7, 11) is 1.55.